The van der Waals surface area contributed by atoms with E-state index in [-0.39, 0.29) is 37.2 Å². The second-order valence-electron chi connectivity index (χ2n) is 11.4. The molecule has 0 saturated heterocycles. The Hall–Kier alpha value is -2.56. The third-order valence-corrected chi connectivity index (χ3v) is 11.0. The molecule has 0 aliphatic carbocycles. The number of amides is 3. The van der Waals surface area contributed by atoms with Crippen molar-refractivity contribution >= 4 is 58.7 Å². The van der Waals surface area contributed by atoms with Gasteiger partial charge in [-0.05, 0) is 48.4 Å². The summed E-state index contributed by atoms with van der Waals surface area (Å²) in [5.41, 5.74) is 3.93. The average molecular weight is 706 g/mol. The molecule has 260 valence electrons. The van der Waals surface area contributed by atoms with Gasteiger partial charge < -0.3 is 25.0 Å². The molecule has 0 bridgehead atoms. The summed E-state index contributed by atoms with van der Waals surface area (Å²) in [4.78, 5) is 49.1. The van der Waals surface area contributed by atoms with Crippen molar-refractivity contribution in [2.75, 3.05) is 37.0 Å². The zero-order valence-corrected chi connectivity index (χ0v) is 30.6. The molecule has 2 aromatic rings. The first kappa shape index (κ1) is 40.6. The fourth-order valence-corrected chi connectivity index (χ4v) is 7.51. The second-order valence-corrected chi connectivity index (χ2v) is 16.2. The fourth-order valence-electron chi connectivity index (χ4n) is 4.79. The molecule has 3 amide bonds. The molecule has 12 heteroatoms. The Bertz CT molecular complexity index is 1320. The normalized spacial score (nSPS) is 12.9. The van der Waals surface area contributed by atoms with Crippen molar-refractivity contribution in [2.24, 2.45) is 0 Å². The summed E-state index contributed by atoms with van der Waals surface area (Å²) < 4.78 is 15.9. The fraction of sp³-hybridized carbons (Fsp3) is 0.514. The minimum absolute atomic E-state index is 0.0425. The van der Waals surface area contributed by atoms with Gasteiger partial charge in [0.1, 0.15) is 0 Å². The standard InChI is InChI=1S/C35H52N3O6PS2/c1-5-29-15-9-10-17-31(29)27-38(32-18-12-11-16-30(32)6-2)35(41)22-21-34(40)37-24-26-46-47-28(3)19-20-33(39)36-23-13-7-8-14-25-44-45(4,42)43/h6,9-12,15-18,28H,2,5,7-8,13-14,19-27H2,1,3-4H3,(H,36,39)(H,37,40)(H,42,43). The van der Waals surface area contributed by atoms with Crippen molar-refractivity contribution in [1.82, 2.24) is 10.6 Å². The summed E-state index contributed by atoms with van der Waals surface area (Å²) in [6, 6.07) is 15.8. The lowest BCUT2D eigenvalue weighted by atomic mass is 10.0. The molecule has 47 heavy (non-hydrogen) atoms. The van der Waals surface area contributed by atoms with Crippen LogP contribution in [0, 0.1) is 0 Å². The van der Waals surface area contributed by atoms with Gasteiger partial charge in [0.25, 0.3) is 0 Å². The van der Waals surface area contributed by atoms with E-state index in [9.17, 15) is 18.9 Å². The lowest BCUT2D eigenvalue weighted by Gasteiger charge is -2.26. The first-order chi connectivity index (χ1) is 22.5. The van der Waals surface area contributed by atoms with E-state index < -0.39 is 7.60 Å². The number of rotatable bonds is 24. The molecule has 3 N–H and O–H groups in total. The molecule has 0 radical (unpaired) electrons. The Labute approximate surface area is 289 Å². The van der Waals surface area contributed by atoms with Gasteiger partial charge in [-0.1, -0.05) is 103 Å². The Morgan fingerprint density at radius 1 is 0.957 bits per heavy atom. The number of para-hydroxylation sites is 1. The lowest BCUT2D eigenvalue weighted by Crippen LogP contribution is -2.33. The average Bonchev–Trinajstić information content (AvgIpc) is 3.05. The summed E-state index contributed by atoms with van der Waals surface area (Å²) >= 11 is 0. The van der Waals surface area contributed by atoms with Crippen LogP contribution in [-0.4, -0.2) is 60.0 Å². The number of nitrogens with zero attached hydrogens (tertiary/aromatic N) is 1. The molecule has 2 atom stereocenters. The van der Waals surface area contributed by atoms with Crippen LogP contribution in [0.3, 0.4) is 0 Å². The number of hydrogen-bond donors (Lipinski definition) is 3. The van der Waals surface area contributed by atoms with E-state index in [1.165, 1.54) is 12.2 Å². The number of unbranched alkanes of at least 4 members (excludes halogenated alkanes) is 3. The predicted octanol–water partition coefficient (Wildman–Crippen LogP) is 7.38. The molecule has 9 nitrogen and oxygen atoms in total. The van der Waals surface area contributed by atoms with Crippen LogP contribution < -0.4 is 15.5 Å². The van der Waals surface area contributed by atoms with Crippen molar-refractivity contribution < 1.29 is 28.4 Å². The number of aryl methyl sites for hydroxylation is 1. The second kappa shape index (κ2) is 22.9. The van der Waals surface area contributed by atoms with Crippen LogP contribution >= 0.6 is 29.2 Å². The molecule has 0 heterocycles. The van der Waals surface area contributed by atoms with E-state index in [0.29, 0.717) is 31.3 Å². The van der Waals surface area contributed by atoms with Crippen LogP contribution in [0.15, 0.2) is 55.1 Å². The molecule has 2 rings (SSSR count). The van der Waals surface area contributed by atoms with Gasteiger partial charge in [-0.15, -0.1) is 0 Å². The number of hydrogen-bond acceptors (Lipinski definition) is 7. The first-order valence-electron chi connectivity index (χ1n) is 16.4. The Morgan fingerprint density at radius 2 is 1.62 bits per heavy atom. The topological polar surface area (TPSA) is 125 Å². The van der Waals surface area contributed by atoms with Gasteiger partial charge in [0.15, 0.2) is 0 Å². The van der Waals surface area contributed by atoms with Crippen molar-refractivity contribution in [2.45, 2.75) is 83.4 Å². The summed E-state index contributed by atoms with van der Waals surface area (Å²) in [5, 5.41) is 6.17. The molecular formula is C35H52N3O6PS2. The largest absolute Gasteiger partial charge is 0.356 e. The maximum Gasteiger partial charge on any atom is 0.325 e. The van der Waals surface area contributed by atoms with Gasteiger partial charge in [-0.2, -0.15) is 0 Å². The number of carbonyl (C=O) groups is 3. The molecule has 0 fully saturated rings. The molecule has 0 saturated carbocycles. The van der Waals surface area contributed by atoms with E-state index in [4.69, 9.17) is 9.42 Å². The quantitative estimate of drug-likeness (QED) is 0.0587. The third-order valence-electron chi connectivity index (χ3n) is 7.38. The molecule has 0 spiro atoms. The molecule has 0 aliphatic heterocycles. The van der Waals surface area contributed by atoms with Gasteiger partial charge in [0, 0.05) is 50.0 Å². The highest BCUT2D eigenvalue weighted by Crippen LogP contribution is 2.36. The summed E-state index contributed by atoms with van der Waals surface area (Å²) in [6.07, 6.45) is 7.47. The number of nitrogens with one attached hydrogen (secondary N) is 2. The highest BCUT2D eigenvalue weighted by Gasteiger charge is 2.20. The zero-order valence-electron chi connectivity index (χ0n) is 28.1. The van der Waals surface area contributed by atoms with Crippen molar-refractivity contribution in [3.8, 4) is 0 Å². The molecule has 2 unspecified atom stereocenters. The molecule has 0 aliphatic rings. The Kier molecular flexibility index (Phi) is 19.8. The van der Waals surface area contributed by atoms with E-state index in [2.05, 4.69) is 37.1 Å². The Balaban J connectivity index is 1.64. The van der Waals surface area contributed by atoms with Crippen LogP contribution in [0.2, 0.25) is 0 Å². The number of anilines is 1. The van der Waals surface area contributed by atoms with Crippen LogP contribution in [0.25, 0.3) is 6.08 Å². The summed E-state index contributed by atoms with van der Waals surface area (Å²) in [7, 11) is -0.0217. The van der Waals surface area contributed by atoms with E-state index in [1.54, 1.807) is 32.6 Å². The van der Waals surface area contributed by atoms with E-state index in [1.807, 2.05) is 42.5 Å². The van der Waals surface area contributed by atoms with E-state index >= 15 is 0 Å². The smallest absolute Gasteiger partial charge is 0.325 e. The predicted molar refractivity (Wildman–Crippen MR) is 198 cm³/mol. The highest BCUT2D eigenvalue weighted by atomic mass is 33.1. The van der Waals surface area contributed by atoms with Crippen LogP contribution in [0.5, 0.6) is 0 Å². The van der Waals surface area contributed by atoms with Gasteiger partial charge in [-0.25, -0.2) is 0 Å². The maximum absolute atomic E-state index is 13.5. The SMILES string of the molecule is C=Cc1ccccc1N(Cc1ccccc1CC)C(=O)CCC(=O)NCCSSC(C)CCC(=O)NCCCCCCOP(C)(=O)O. The van der Waals surface area contributed by atoms with Gasteiger partial charge in [0.05, 0.1) is 18.8 Å². The minimum atomic E-state index is -3.39. The van der Waals surface area contributed by atoms with Crippen LogP contribution in [-0.2, 0) is 36.4 Å². The lowest BCUT2D eigenvalue weighted by molar-refractivity contribution is -0.125. The van der Waals surface area contributed by atoms with Crippen molar-refractivity contribution in [1.29, 1.82) is 0 Å². The highest BCUT2D eigenvalue weighted by molar-refractivity contribution is 8.76. The van der Waals surface area contributed by atoms with Gasteiger partial charge in [-0.3, -0.25) is 18.9 Å². The number of benzene rings is 2. The summed E-state index contributed by atoms with van der Waals surface area (Å²) in [5.74, 6) is 0.514. The molecular weight excluding hydrogens is 654 g/mol. The van der Waals surface area contributed by atoms with Crippen molar-refractivity contribution in [3.05, 3.63) is 71.8 Å². The Morgan fingerprint density at radius 3 is 2.34 bits per heavy atom. The summed E-state index contributed by atoms with van der Waals surface area (Å²) in [6.45, 7) is 11.1. The van der Waals surface area contributed by atoms with Gasteiger partial charge in [0.2, 0.25) is 17.7 Å². The van der Waals surface area contributed by atoms with E-state index in [0.717, 1.165) is 61.1 Å². The number of carbonyl (C=O) groups excluding carboxylic acids is 3. The zero-order chi connectivity index (χ0) is 34.5. The maximum atomic E-state index is 13.5. The van der Waals surface area contributed by atoms with Crippen molar-refractivity contribution in [3.63, 3.8) is 0 Å². The third kappa shape index (κ3) is 17.4. The monoisotopic (exact) mass is 705 g/mol. The minimum Gasteiger partial charge on any atom is -0.356 e. The molecule has 0 aromatic heterocycles. The first-order valence-corrected chi connectivity index (χ1v) is 20.8. The van der Waals surface area contributed by atoms with Crippen LogP contribution in [0.4, 0.5) is 5.69 Å². The molecule has 2 aromatic carbocycles. The van der Waals surface area contributed by atoms with Crippen LogP contribution in [0.1, 0.15) is 81.9 Å². The van der Waals surface area contributed by atoms with Gasteiger partial charge >= 0.3 is 7.60 Å².